The monoisotopic (exact) mass is 490 g/mol. The van der Waals surface area contributed by atoms with E-state index in [0.29, 0.717) is 37.6 Å². The van der Waals surface area contributed by atoms with E-state index >= 15 is 0 Å². The molecule has 2 heterocycles. The van der Waals surface area contributed by atoms with E-state index in [1.165, 1.54) is 12.1 Å². The summed E-state index contributed by atoms with van der Waals surface area (Å²) in [4.78, 5) is 16.6. The van der Waals surface area contributed by atoms with Gasteiger partial charge in [-0.05, 0) is 47.2 Å². The SMILES string of the molecule is Cc1nn(CCC(=O)N2CCN(Cc3ccc(F)cc3Cl)CC2)cc1I. The Morgan fingerprint density at radius 2 is 2.04 bits per heavy atom. The number of hydrogen-bond acceptors (Lipinski definition) is 3. The number of rotatable bonds is 5. The molecule has 0 bridgehead atoms. The number of aryl methyl sites for hydroxylation is 2. The van der Waals surface area contributed by atoms with E-state index in [4.69, 9.17) is 11.6 Å². The van der Waals surface area contributed by atoms with Gasteiger partial charge in [-0.1, -0.05) is 17.7 Å². The zero-order valence-corrected chi connectivity index (χ0v) is 17.5. The highest BCUT2D eigenvalue weighted by molar-refractivity contribution is 14.1. The van der Waals surface area contributed by atoms with Crippen LogP contribution in [0.2, 0.25) is 5.02 Å². The van der Waals surface area contributed by atoms with Gasteiger partial charge in [-0.3, -0.25) is 14.4 Å². The zero-order valence-electron chi connectivity index (χ0n) is 14.6. The summed E-state index contributed by atoms with van der Waals surface area (Å²) in [5, 5.41) is 4.84. The van der Waals surface area contributed by atoms with Crippen molar-refractivity contribution in [1.82, 2.24) is 19.6 Å². The number of nitrogens with zero attached hydrogens (tertiary/aromatic N) is 4. The molecule has 1 aromatic heterocycles. The molecule has 1 fully saturated rings. The van der Waals surface area contributed by atoms with Crippen molar-refractivity contribution in [2.24, 2.45) is 0 Å². The molecule has 0 N–H and O–H groups in total. The van der Waals surface area contributed by atoms with Crippen LogP contribution in [-0.2, 0) is 17.9 Å². The molecule has 8 heteroatoms. The number of piperazine rings is 1. The summed E-state index contributed by atoms with van der Waals surface area (Å²) in [6, 6.07) is 4.50. The Bertz CT molecular complexity index is 770. The molecule has 1 aromatic carbocycles. The lowest BCUT2D eigenvalue weighted by atomic mass is 10.2. The second-order valence-corrected chi connectivity index (χ2v) is 8.04. The maximum absolute atomic E-state index is 13.1. The molecule has 1 aliphatic heterocycles. The van der Waals surface area contributed by atoms with Crippen molar-refractivity contribution < 1.29 is 9.18 Å². The third kappa shape index (κ3) is 4.95. The minimum absolute atomic E-state index is 0.160. The molecule has 1 saturated heterocycles. The standard InChI is InChI=1S/C18H21ClFIN4O/c1-13-17(21)12-25(22-13)5-4-18(26)24-8-6-23(7-9-24)11-14-2-3-15(20)10-16(14)19/h2-3,10,12H,4-9,11H2,1H3. The fraction of sp³-hybridized carbons (Fsp3) is 0.444. The summed E-state index contributed by atoms with van der Waals surface area (Å²) in [6.45, 7) is 6.23. The molecule has 0 aliphatic carbocycles. The van der Waals surface area contributed by atoms with Crippen molar-refractivity contribution in [2.45, 2.75) is 26.4 Å². The highest BCUT2D eigenvalue weighted by Gasteiger charge is 2.21. The number of benzene rings is 1. The summed E-state index contributed by atoms with van der Waals surface area (Å²) in [5.41, 5.74) is 1.91. The fourth-order valence-corrected chi connectivity index (χ4v) is 3.68. The molecule has 140 valence electrons. The highest BCUT2D eigenvalue weighted by atomic mass is 127. The van der Waals surface area contributed by atoms with Gasteiger partial charge in [-0.2, -0.15) is 5.10 Å². The van der Waals surface area contributed by atoms with Gasteiger partial charge in [0.2, 0.25) is 5.91 Å². The second kappa shape index (κ2) is 8.67. The number of aromatic nitrogens is 2. The highest BCUT2D eigenvalue weighted by Crippen LogP contribution is 2.20. The Morgan fingerprint density at radius 1 is 1.31 bits per heavy atom. The van der Waals surface area contributed by atoms with Crippen LogP contribution in [0.25, 0.3) is 0 Å². The maximum atomic E-state index is 13.1. The molecular formula is C18H21ClFIN4O. The van der Waals surface area contributed by atoms with Crippen LogP contribution in [0, 0.1) is 16.3 Å². The summed E-state index contributed by atoms with van der Waals surface area (Å²) in [5.74, 6) is -0.163. The van der Waals surface area contributed by atoms with Crippen LogP contribution in [0.1, 0.15) is 17.7 Å². The molecule has 26 heavy (non-hydrogen) atoms. The largest absolute Gasteiger partial charge is 0.340 e. The lowest BCUT2D eigenvalue weighted by Crippen LogP contribution is -2.48. The minimum Gasteiger partial charge on any atom is -0.340 e. The van der Waals surface area contributed by atoms with Crippen molar-refractivity contribution in [3.63, 3.8) is 0 Å². The summed E-state index contributed by atoms with van der Waals surface area (Å²) < 4.78 is 16.1. The molecule has 0 atom stereocenters. The van der Waals surface area contributed by atoms with Gasteiger partial charge in [0.15, 0.2) is 0 Å². The van der Waals surface area contributed by atoms with Crippen LogP contribution in [0.15, 0.2) is 24.4 Å². The molecule has 0 spiro atoms. The van der Waals surface area contributed by atoms with E-state index in [-0.39, 0.29) is 11.7 Å². The number of carbonyl (C=O) groups excluding carboxylic acids is 1. The summed E-state index contributed by atoms with van der Waals surface area (Å²) in [6.07, 6.45) is 2.43. The van der Waals surface area contributed by atoms with Crippen LogP contribution in [0.4, 0.5) is 4.39 Å². The quantitative estimate of drug-likeness (QED) is 0.604. The van der Waals surface area contributed by atoms with E-state index in [1.807, 2.05) is 22.7 Å². The second-order valence-electron chi connectivity index (χ2n) is 6.47. The van der Waals surface area contributed by atoms with Gasteiger partial charge in [0, 0.05) is 56.9 Å². The van der Waals surface area contributed by atoms with Crippen molar-refractivity contribution in [1.29, 1.82) is 0 Å². The normalized spacial score (nSPS) is 15.5. The van der Waals surface area contributed by atoms with Gasteiger partial charge < -0.3 is 4.90 Å². The molecule has 1 amide bonds. The minimum atomic E-state index is -0.323. The first kappa shape index (κ1) is 19.6. The van der Waals surface area contributed by atoms with E-state index in [2.05, 4.69) is 32.6 Å². The van der Waals surface area contributed by atoms with E-state index in [0.717, 1.165) is 27.9 Å². The van der Waals surface area contributed by atoms with Crippen molar-refractivity contribution in [3.8, 4) is 0 Å². The molecule has 1 aliphatic rings. The van der Waals surface area contributed by atoms with E-state index < -0.39 is 0 Å². The molecule has 0 unspecified atom stereocenters. The van der Waals surface area contributed by atoms with Crippen molar-refractivity contribution in [2.75, 3.05) is 26.2 Å². The third-order valence-electron chi connectivity index (χ3n) is 4.58. The third-order valence-corrected chi connectivity index (χ3v) is 5.99. The van der Waals surface area contributed by atoms with Crippen LogP contribution >= 0.6 is 34.2 Å². The number of halogens is 3. The Labute approximate surface area is 171 Å². The molecule has 5 nitrogen and oxygen atoms in total. The van der Waals surface area contributed by atoms with Gasteiger partial charge in [0.25, 0.3) is 0 Å². The molecule has 0 saturated carbocycles. The Morgan fingerprint density at radius 3 is 2.65 bits per heavy atom. The lowest BCUT2D eigenvalue weighted by molar-refractivity contribution is -0.133. The predicted molar refractivity (Wildman–Crippen MR) is 108 cm³/mol. The van der Waals surface area contributed by atoms with Gasteiger partial charge in [0.05, 0.1) is 9.26 Å². The molecule has 3 rings (SSSR count). The van der Waals surface area contributed by atoms with Crippen LogP contribution in [0.3, 0.4) is 0 Å². The first-order chi connectivity index (χ1) is 12.4. The van der Waals surface area contributed by atoms with Crippen molar-refractivity contribution in [3.05, 3.63) is 50.1 Å². The average Bonchev–Trinajstić information content (AvgIpc) is 2.94. The molecular weight excluding hydrogens is 470 g/mol. The Balaban J connectivity index is 1.46. The predicted octanol–water partition coefficient (Wildman–Crippen LogP) is 3.32. The maximum Gasteiger partial charge on any atom is 0.224 e. The van der Waals surface area contributed by atoms with Crippen LogP contribution in [0.5, 0.6) is 0 Å². The lowest BCUT2D eigenvalue weighted by Gasteiger charge is -2.35. The van der Waals surface area contributed by atoms with Crippen LogP contribution < -0.4 is 0 Å². The van der Waals surface area contributed by atoms with Gasteiger partial charge >= 0.3 is 0 Å². The Hall–Kier alpha value is -1.19. The fourth-order valence-electron chi connectivity index (χ4n) is 3.02. The first-order valence-electron chi connectivity index (χ1n) is 8.56. The van der Waals surface area contributed by atoms with Gasteiger partial charge in [-0.25, -0.2) is 4.39 Å². The first-order valence-corrected chi connectivity index (χ1v) is 10.0. The summed E-state index contributed by atoms with van der Waals surface area (Å²) >= 11 is 8.35. The number of amides is 1. The summed E-state index contributed by atoms with van der Waals surface area (Å²) in [7, 11) is 0. The molecule has 2 aromatic rings. The average molecular weight is 491 g/mol. The van der Waals surface area contributed by atoms with Gasteiger partial charge in [-0.15, -0.1) is 0 Å². The Kier molecular flexibility index (Phi) is 6.52. The zero-order chi connectivity index (χ0) is 18.7. The topological polar surface area (TPSA) is 41.4 Å². The van der Waals surface area contributed by atoms with Crippen LogP contribution in [-0.4, -0.2) is 51.7 Å². The van der Waals surface area contributed by atoms with Crippen molar-refractivity contribution >= 4 is 40.1 Å². The van der Waals surface area contributed by atoms with E-state index in [9.17, 15) is 9.18 Å². The molecule has 0 radical (unpaired) electrons. The number of carbonyl (C=O) groups is 1. The van der Waals surface area contributed by atoms with Gasteiger partial charge in [0.1, 0.15) is 5.82 Å². The van der Waals surface area contributed by atoms with E-state index in [1.54, 1.807) is 6.07 Å². The number of hydrogen-bond donors (Lipinski definition) is 0. The smallest absolute Gasteiger partial charge is 0.224 e.